The molecular weight excluding hydrogens is 697 g/mol. The van der Waals surface area contributed by atoms with Gasteiger partial charge < -0.3 is 5.32 Å². The number of amides is 1. The van der Waals surface area contributed by atoms with E-state index in [-0.39, 0.29) is 34.3 Å². The fraction of sp³-hybridized carbons (Fsp3) is 0.414. The van der Waals surface area contributed by atoms with E-state index in [4.69, 9.17) is 0 Å². The molecule has 1 fully saturated rings. The molecule has 1 aromatic carbocycles. The highest BCUT2D eigenvalue weighted by Crippen LogP contribution is 2.68. The van der Waals surface area contributed by atoms with Gasteiger partial charge in [0.1, 0.15) is 34.3 Å². The van der Waals surface area contributed by atoms with Gasteiger partial charge in [-0.25, -0.2) is 22.2 Å². The molecule has 1 N–H and O–H groups in total. The first-order valence-corrected chi connectivity index (χ1v) is 16.1. The lowest BCUT2D eigenvalue weighted by atomic mass is 10.0. The molecule has 45 heavy (non-hydrogen) atoms. The highest BCUT2D eigenvalue weighted by molar-refractivity contribution is 9.10. The van der Waals surface area contributed by atoms with Gasteiger partial charge in [0.25, 0.3) is 5.92 Å². The summed E-state index contributed by atoms with van der Waals surface area (Å²) in [6.45, 7) is 1.76. The SMILES string of the molecule is CC(C)(C#Cc1ccc(Br)c(C(Cc2cc(F)cc(F)c2)NC(=O)Cn2nc(C(F)(F)F)c3c2C(F)(F)[C@@H]2C[C@H]32)n1)S(C)(=O)=O. The average molecular weight is 721 g/mol. The van der Waals surface area contributed by atoms with E-state index in [1.165, 1.54) is 26.0 Å². The molecule has 5 rings (SSSR count). The van der Waals surface area contributed by atoms with E-state index in [1.807, 2.05) is 0 Å². The van der Waals surface area contributed by atoms with Crippen LogP contribution in [0.4, 0.5) is 30.7 Å². The Morgan fingerprint density at radius 2 is 1.82 bits per heavy atom. The minimum Gasteiger partial charge on any atom is -0.346 e. The highest BCUT2D eigenvalue weighted by Gasteiger charge is 2.68. The molecule has 2 aliphatic carbocycles. The summed E-state index contributed by atoms with van der Waals surface area (Å²) in [5.74, 6) is -3.52. The zero-order valence-electron chi connectivity index (χ0n) is 23.7. The predicted molar refractivity (Wildman–Crippen MR) is 151 cm³/mol. The number of hydrogen-bond donors (Lipinski definition) is 1. The third-order valence-electron chi connectivity index (χ3n) is 7.81. The van der Waals surface area contributed by atoms with Crippen LogP contribution in [0.15, 0.2) is 34.8 Å². The number of sulfone groups is 1. The summed E-state index contributed by atoms with van der Waals surface area (Å²) in [6.07, 6.45) is -4.42. The number of fused-ring (bicyclic) bond motifs is 3. The third-order valence-corrected chi connectivity index (χ3v) is 10.4. The Morgan fingerprint density at radius 1 is 1.18 bits per heavy atom. The molecule has 7 nitrogen and oxygen atoms in total. The van der Waals surface area contributed by atoms with Crippen LogP contribution in [0, 0.1) is 29.4 Å². The monoisotopic (exact) mass is 720 g/mol. The van der Waals surface area contributed by atoms with Crippen molar-refractivity contribution in [3.05, 3.63) is 80.3 Å². The van der Waals surface area contributed by atoms with E-state index < -0.39 is 85.6 Å². The first kappa shape index (κ1) is 32.9. The van der Waals surface area contributed by atoms with Gasteiger partial charge in [-0.05, 0) is 84.3 Å². The largest absolute Gasteiger partial charge is 0.435 e. The van der Waals surface area contributed by atoms with Gasteiger partial charge in [0.15, 0.2) is 15.5 Å². The Kier molecular flexibility index (Phi) is 8.13. The van der Waals surface area contributed by atoms with Gasteiger partial charge in [0.2, 0.25) is 5.91 Å². The van der Waals surface area contributed by atoms with Crippen LogP contribution in [-0.4, -0.2) is 40.1 Å². The van der Waals surface area contributed by atoms with Crippen molar-refractivity contribution in [2.75, 3.05) is 6.26 Å². The van der Waals surface area contributed by atoms with Gasteiger partial charge in [0.05, 0.1) is 11.7 Å². The van der Waals surface area contributed by atoms with Crippen LogP contribution in [-0.2, 0) is 39.7 Å². The summed E-state index contributed by atoms with van der Waals surface area (Å²) in [5.41, 5.74) is -2.84. The Morgan fingerprint density at radius 3 is 2.42 bits per heavy atom. The maximum absolute atomic E-state index is 15.0. The molecule has 3 atom stereocenters. The normalized spacial score (nSPS) is 19.3. The molecule has 1 saturated carbocycles. The zero-order valence-corrected chi connectivity index (χ0v) is 26.1. The molecule has 240 valence electrons. The van der Waals surface area contributed by atoms with Crippen LogP contribution in [0.2, 0.25) is 0 Å². The quantitative estimate of drug-likeness (QED) is 0.245. The highest BCUT2D eigenvalue weighted by atomic mass is 79.9. The molecule has 1 amide bonds. The molecule has 0 aliphatic heterocycles. The van der Waals surface area contributed by atoms with Crippen LogP contribution in [0.1, 0.15) is 66.1 Å². The van der Waals surface area contributed by atoms with Crippen molar-refractivity contribution in [2.24, 2.45) is 5.92 Å². The smallest absolute Gasteiger partial charge is 0.346 e. The second kappa shape index (κ2) is 11.1. The number of rotatable bonds is 7. The number of nitrogens with one attached hydrogen (secondary N) is 1. The fourth-order valence-corrected chi connectivity index (χ4v) is 5.96. The summed E-state index contributed by atoms with van der Waals surface area (Å²) in [5, 5.41) is 5.88. The number of hydrogen-bond acceptors (Lipinski definition) is 5. The van der Waals surface area contributed by atoms with Gasteiger partial charge in [-0.15, -0.1) is 0 Å². The lowest BCUT2D eigenvalue weighted by Crippen LogP contribution is -2.35. The van der Waals surface area contributed by atoms with Crippen molar-refractivity contribution in [1.82, 2.24) is 20.1 Å². The average Bonchev–Trinajstić information content (AvgIpc) is 3.54. The van der Waals surface area contributed by atoms with Crippen LogP contribution in [0.3, 0.4) is 0 Å². The molecule has 1 unspecified atom stereocenters. The summed E-state index contributed by atoms with van der Waals surface area (Å²) < 4.78 is 123. The molecule has 0 saturated heterocycles. The minimum absolute atomic E-state index is 0.0604. The number of carbonyl (C=O) groups excluding carboxylic acids is 1. The van der Waals surface area contributed by atoms with Crippen molar-refractivity contribution in [1.29, 1.82) is 0 Å². The van der Waals surface area contributed by atoms with Gasteiger partial charge in [-0.3, -0.25) is 9.48 Å². The Labute approximate surface area is 261 Å². The van der Waals surface area contributed by atoms with Crippen LogP contribution in [0.25, 0.3) is 0 Å². The van der Waals surface area contributed by atoms with Crippen molar-refractivity contribution in [3.63, 3.8) is 0 Å². The molecule has 0 bridgehead atoms. The van der Waals surface area contributed by atoms with Gasteiger partial charge in [-0.1, -0.05) is 5.92 Å². The number of nitrogens with zero attached hydrogens (tertiary/aromatic N) is 3. The molecule has 2 aromatic heterocycles. The maximum Gasteiger partial charge on any atom is 0.435 e. The van der Waals surface area contributed by atoms with E-state index in [2.05, 4.69) is 43.2 Å². The molecule has 2 heterocycles. The van der Waals surface area contributed by atoms with Crippen LogP contribution in [0.5, 0.6) is 0 Å². The number of alkyl halides is 5. The summed E-state index contributed by atoms with van der Waals surface area (Å²) in [4.78, 5) is 17.6. The van der Waals surface area contributed by atoms with Crippen LogP contribution < -0.4 is 5.32 Å². The molecule has 0 spiro atoms. The van der Waals surface area contributed by atoms with Crippen LogP contribution >= 0.6 is 15.9 Å². The van der Waals surface area contributed by atoms with E-state index in [0.717, 1.165) is 18.4 Å². The zero-order chi connectivity index (χ0) is 33.3. The van der Waals surface area contributed by atoms with E-state index in [9.17, 15) is 35.2 Å². The first-order chi connectivity index (χ1) is 20.7. The second-order valence-electron chi connectivity index (χ2n) is 11.5. The van der Waals surface area contributed by atoms with E-state index in [1.54, 1.807) is 0 Å². The second-order valence-corrected chi connectivity index (χ2v) is 15.0. The van der Waals surface area contributed by atoms with Gasteiger partial charge in [0, 0.05) is 28.3 Å². The van der Waals surface area contributed by atoms with E-state index in [0.29, 0.717) is 10.7 Å². The van der Waals surface area contributed by atoms with Gasteiger partial charge in [-0.2, -0.15) is 27.1 Å². The molecule has 16 heteroatoms. The Hall–Kier alpha value is -3.45. The van der Waals surface area contributed by atoms with Crippen molar-refractivity contribution in [3.8, 4) is 11.8 Å². The topological polar surface area (TPSA) is 93.9 Å². The van der Waals surface area contributed by atoms with Gasteiger partial charge >= 0.3 is 6.18 Å². The number of benzene rings is 1. The van der Waals surface area contributed by atoms with Crippen molar-refractivity contribution in [2.45, 2.75) is 62.0 Å². The standard InChI is InChI=1S/C29H24BrF7N4O3S/c1-27(2,45(3,43)44)7-6-17-4-5-20(30)24(38-17)21(10-14-8-15(31)11-16(32)9-14)39-22(42)13-41-26-23(25(40-41)29(35,36)37)18-12-19(18)28(26,33)34/h4-5,8-9,11,18-19,21H,10,12-13H2,1-3H3,(H,39,42)/t18-,19+,21?/m0/s1. The number of aromatic nitrogens is 3. The first-order valence-electron chi connectivity index (χ1n) is 13.4. The predicted octanol–water partition coefficient (Wildman–Crippen LogP) is 5.82. The van der Waals surface area contributed by atoms with E-state index >= 15 is 8.78 Å². The molecule has 3 aromatic rings. The molecule has 2 aliphatic rings. The number of carbonyl (C=O) groups is 1. The number of halogens is 8. The summed E-state index contributed by atoms with van der Waals surface area (Å²) in [6, 6.07) is 4.34. The van der Waals surface area contributed by atoms with Crippen molar-refractivity contribution >= 4 is 31.7 Å². The Balaban J connectivity index is 1.51. The Bertz CT molecular complexity index is 1860. The lowest BCUT2D eigenvalue weighted by Gasteiger charge is -2.21. The molecule has 0 radical (unpaired) electrons. The molecular formula is C29H24BrF7N4O3S. The maximum atomic E-state index is 15.0. The number of pyridine rings is 1. The lowest BCUT2D eigenvalue weighted by molar-refractivity contribution is -0.142. The summed E-state index contributed by atoms with van der Waals surface area (Å²) in [7, 11) is -3.59. The fourth-order valence-electron chi connectivity index (χ4n) is 5.23. The summed E-state index contributed by atoms with van der Waals surface area (Å²) >= 11 is 3.30. The minimum atomic E-state index is -5.02. The van der Waals surface area contributed by atoms with Crippen molar-refractivity contribution < 1.29 is 43.9 Å². The third kappa shape index (κ3) is 6.46.